The van der Waals surface area contributed by atoms with Crippen LogP contribution in [0.15, 0.2) is 110 Å². The van der Waals surface area contributed by atoms with Crippen molar-refractivity contribution in [2.24, 2.45) is 5.92 Å². The van der Waals surface area contributed by atoms with E-state index in [1.165, 1.54) is 19.0 Å². The molecule has 0 aliphatic heterocycles. The van der Waals surface area contributed by atoms with Crippen LogP contribution in [0.25, 0.3) is 0 Å². The van der Waals surface area contributed by atoms with Crippen molar-refractivity contribution in [3.8, 4) is 34.5 Å². The van der Waals surface area contributed by atoms with Crippen molar-refractivity contribution in [3.05, 3.63) is 125 Å². The van der Waals surface area contributed by atoms with E-state index < -0.39 is 0 Å². The summed E-state index contributed by atoms with van der Waals surface area (Å²) >= 11 is 17.6. The molecule has 6 aromatic rings. The average molecular weight is 971 g/mol. The third kappa shape index (κ3) is 15.9. The number of rotatable bonds is 13. The van der Waals surface area contributed by atoms with Crippen molar-refractivity contribution in [1.29, 1.82) is 0 Å². The van der Waals surface area contributed by atoms with Crippen LogP contribution in [0.4, 0.5) is 17.5 Å². The lowest BCUT2D eigenvalue weighted by atomic mass is 9.86. The number of carbonyl (C=O) groups is 1. The smallest absolute Gasteiger partial charge is 0.187 e. The van der Waals surface area contributed by atoms with Crippen molar-refractivity contribution >= 4 is 58.0 Å². The zero-order valence-electron chi connectivity index (χ0n) is 36.8. The number of halogens is 3. The molecule has 0 spiro atoms. The number of aromatic nitrogens is 6. The number of nitrogens with zero attached hydrogens (tertiary/aromatic N) is 6. The predicted molar refractivity (Wildman–Crippen MR) is 260 cm³/mol. The fourth-order valence-corrected chi connectivity index (χ4v) is 8.22. The zero-order chi connectivity index (χ0) is 46.8. The Kier molecular flexibility index (Phi) is 18.6. The summed E-state index contributed by atoms with van der Waals surface area (Å²) in [6, 6.07) is 22.2. The van der Waals surface area contributed by atoms with Crippen molar-refractivity contribution in [1.82, 2.24) is 29.9 Å². The lowest BCUT2D eigenvalue weighted by molar-refractivity contribution is -0.120. The van der Waals surface area contributed by atoms with Gasteiger partial charge in [0.05, 0.1) is 24.7 Å². The first-order valence-electron chi connectivity index (χ1n) is 22.5. The summed E-state index contributed by atoms with van der Waals surface area (Å²) in [7, 11) is 0. The Bertz CT molecular complexity index is 2440. The predicted octanol–water partition coefficient (Wildman–Crippen LogP) is 11.4. The third-order valence-corrected chi connectivity index (χ3v) is 12.2. The number of anilines is 3. The van der Waals surface area contributed by atoms with Crippen LogP contribution in [0.5, 0.6) is 34.5 Å². The second-order valence-corrected chi connectivity index (χ2v) is 17.8. The Labute approximate surface area is 405 Å². The minimum Gasteiger partial charge on any atom is -0.452 e. The maximum atomic E-state index is 11.3. The Morgan fingerprint density at radius 3 is 1.30 bits per heavy atom. The maximum Gasteiger partial charge on any atom is 0.187 e. The summed E-state index contributed by atoms with van der Waals surface area (Å²) < 4.78 is 17.5. The number of carbonyl (C=O) groups excluding carboxylic acids is 1. The number of hydrogen-bond donors (Lipinski definition) is 5. The number of aliphatic hydroxyl groups excluding tert-OH is 2. The quantitative estimate of drug-likeness (QED) is 0.0732. The molecule has 0 amide bonds. The molecule has 0 bridgehead atoms. The molecule has 3 heterocycles. The van der Waals surface area contributed by atoms with Gasteiger partial charge in [-0.1, -0.05) is 34.8 Å². The second-order valence-electron chi connectivity index (χ2n) is 16.5. The Hall–Kier alpha value is -5.84. The zero-order valence-corrected chi connectivity index (χ0v) is 39.1. The summed E-state index contributed by atoms with van der Waals surface area (Å²) in [5.74, 6) is 6.49. The number of nitrogens with one attached hydrogen (secondary N) is 3. The Morgan fingerprint density at radius 1 is 0.522 bits per heavy atom. The summed E-state index contributed by atoms with van der Waals surface area (Å²) in [4.78, 5) is 36.2. The van der Waals surface area contributed by atoms with Gasteiger partial charge in [-0.2, -0.15) is 0 Å². The second kappa shape index (κ2) is 25.3. The fourth-order valence-electron chi connectivity index (χ4n) is 7.84. The molecule has 3 aliphatic rings. The number of aliphatic hydroxyl groups is 2. The van der Waals surface area contributed by atoms with E-state index in [1.54, 1.807) is 79.3 Å². The van der Waals surface area contributed by atoms with Crippen LogP contribution in [-0.4, -0.2) is 76.7 Å². The van der Waals surface area contributed by atoms with Crippen LogP contribution in [0, 0.1) is 5.92 Å². The van der Waals surface area contributed by atoms with E-state index in [2.05, 4.69) is 45.9 Å². The van der Waals surface area contributed by atoms with Gasteiger partial charge in [0.25, 0.3) is 0 Å². The minimum atomic E-state index is -0.242. The lowest BCUT2D eigenvalue weighted by Gasteiger charge is -2.28. The molecule has 2 atom stereocenters. The number of Topliss-reactive ketones (excluding diaryl/α,β-unsaturated/α-hetero) is 1. The topological polar surface area (TPSA) is 199 Å². The fraction of sp³-hybridized carbons (Fsp3) is 0.367. The van der Waals surface area contributed by atoms with Gasteiger partial charge in [-0.05, 0) is 143 Å². The molecule has 0 radical (unpaired) electrons. The van der Waals surface area contributed by atoms with Gasteiger partial charge in [-0.3, -0.25) is 4.79 Å². The molecule has 18 heteroatoms. The van der Waals surface area contributed by atoms with Crippen LogP contribution >= 0.6 is 34.8 Å². The molecule has 5 N–H and O–H groups in total. The van der Waals surface area contributed by atoms with Crippen LogP contribution in [0.2, 0.25) is 15.1 Å². The first-order valence-corrected chi connectivity index (χ1v) is 23.6. The van der Waals surface area contributed by atoms with E-state index in [-0.39, 0.29) is 24.8 Å². The van der Waals surface area contributed by atoms with E-state index in [0.29, 0.717) is 97.6 Å². The molecule has 0 unspecified atom stereocenters. The monoisotopic (exact) mass is 969 g/mol. The Morgan fingerprint density at radius 2 is 0.910 bits per heavy atom. The first-order chi connectivity index (χ1) is 32.6. The van der Waals surface area contributed by atoms with Crippen molar-refractivity contribution in [2.75, 3.05) is 22.6 Å². The van der Waals surface area contributed by atoms with Gasteiger partial charge in [0.15, 0.2) is 34.7 Å². The molecule has 3 saturated carbocycles. The molecular formula is C49H54Cl3N9O6. The van der Waals surface area contributed by atoms with Gasteiger partial charge in [0, 0.05) is 52.6 Å². The number of hydrogen-bond acceptors (Lipinski definition) is 15. The summed E-state index contributed by atoms with van der Waals surface area (Å²) in [6.07, 6.45) is 19.8. The SMILES string of the molecule is O=C1CCC(Nc2ncncc2Oc2ccc(Cl)cc2)CC1.OCC1CCC(Nc2ncncc2Oc2ccc(Cl)cc2)CC1.O[C@@H]1CCC[C@H](Nc2ncncc2Oc2ccc(Cl)cc2)C1. The molecule has 0 saturated heterocycles. The van der Waals surface area contributed by atoms with Crippen LogP contribution < -0.4 is 30.2 Å². The van der Waals surface area contributed by atoms with E-state index in [4.69, 9.17) is 49.0 Å². The molecule has 352 valence electrons. The van der Waals surface area contributed by atoms with Gasteiger partial charge in [0.2, 0.25) is 0 Å². The van der Waals surface area contributed by atoms with Gasteiger partial charge in [0.1, 0.15) is 42.0 Å². The lowest BCUT2D eigenvalue weighted by Crippen LogP contribution is -2.30. The molecule has 9 rings (SSSR count). The van der Waals surface area contributed by atoms with Crippen LogP contribution in [0.3, 0.4) is 0 Å². The molecule has 15 nitrogen and oxygen atoms in total. The number of benzene rings is 3. The highest BCUT2D eigenvalue weighted by Gasteiger charge is 2.24. The molecule has 3 aromatic carbocycles. The first kappa shape index (κ1) is 49.1. The average Bonchev–Trinajstić information content (AvgIpc) is 3.34. The van der Waals surface area contributed by atoms with Gasteiger partial charge >= 0.3 is 0 Å². The highest BCUT2D eigenvalue weighted by molar-refractivity contribution is 6.31. The minimum absolute atomic E-state index is 0.200. The summed E-state index contributed by atoms with van der Waals surface area (Å²) in [6.45, 7) is 0.283. The molecule has 3 aliphatic carbocycles. The third-order valence-electron chi connectivity index (χ3n) is 11.5. The Balaban J connectivity index is 0.000000149. The van der Waals surface area contributed by atoms with Crippen LogP contribution in [-0.2, 0) is 4.79 Å². The van der Waals surface area contributed by atoms with E-state index in [9.17, 15) is 15.0 Å². The van der Waals surface area contributed by atoms with Gasteiger partial charge in [-0.15, -0.1) is 0 Å². The van der Waals surface area contributed by atoms with Crippen molar-refractivity contribution in [3.63, 3.8) is 0 Å². The molecular weight excluding hydrogens is 917 g/mol. The van der Waals surface area contributed by atoms with Gasteiger partial charge < -0.3 is 40.4 Å². The molecule has 3 aromatic heterocycles. The van der Waals surface area contributed by atoms with Crippen LogP contribution in [0.1, 0.15) is 77.0 Å². The van der Waals surface area contributed by atoms with E-state index >= 15 is 0 Å². The van der Waals surface area contributed by atoms with Crippen molar-refractivity contribution in [2.45, 2.75) is 101 Å². The maximum absolute atomic E-state index is 11.3. The standard InChI is InChI=1S/C17H20ClN3O2.C16H16ClN3O2.C16H18ClN3O2/c18-13-3-7-15(8-4-13)23-16-9-19-11-20-17(16)21-14-5-1-12(10-22)2-6-14;17-11-1-7-14(8-2-11)22-15-9-18-10-19-16(15)20-12-3-5-13(21)6-4-12;17-11-4-6-14(7-5-11)22-15-9-18-10-19-16(15)20-12-2-1-3-13(21)8-12/h3-4,7-9,11-12,14,22H,1-2,5-6,10H2,(H,19,20,21);1-2,7-10,12H,3-6H2,(H,18,19,20);4-7,9-10,12-13,21H,1-3,8H2,(H,18,19,20)/t;;12-,13+/m..0/s1. The molecule has 67 heavy (non-hydrogen) atoms. The summed E-state index contributed by atoms with van der Waals surface area (Å²) in [5, 5.41) is 31.1. The number of ketones is 1. The number of ether oxygens (including phenoxy) is 3. The summed E-state index contributed by atoms with van der Waals surface area (Å²) in [5.41, 5.74) is 0. The highest BCUT2D eigenvalue weighted by Crippen LogP contribution is 2.34. The highest BCUT2D eigenvalue weighted by atomic mass is 35.5. The van der Waals surface area contributed by atoms with Gasteiger partial charge in [-0.25, -0.2) is 29.9 Å². The largest absolute Gasteiger partial charge is 0.452 e. The van der Waals surface area contributed by atoms with E-state index in [1.807, 2.05) is 12.1 Å². The normalized spacial score (nSPS) is 19.3. The van der Waals surface area contributed by atoms with Crippen molar-refractivity contribution < 1.29 is 29.2 Å². The molecule has 3 fully saturated rings. The van der Waals surface area contributed by atoms with E-state index in [0.717, 1.165) is 64.2 Å².